The van der Waals surface area contributed by atoms with E-state index < -0.39 is 17.8 Å². The molecule has 0 spiro atoms. The van der Waals surface area contributed by atoms with Crippen LogP contribution in [0.25, 0.3) is 11.3 Å². The summed E-state index contributed by atoms with van der Waals surface area (Å²) in [5.41, 5.74) is 2.43. The Kier molecular flexibility index (Phi) is 6.66. The molecule has 0 aliphatic carbocycles. The fraction of sp³-hybridized carbons (Fsp3) is 0.238. The van der Waals surface area contributed by atoms with Crippen molar-refractivity contribution in [3.05, 3.63) is 63.2 Å². The minimum atomic E-state index is -4.51. The third kappa shape index (κ3) is 5.22. The van der Waals surface area contributed by atoms with Crippen LogP contribution in [0.4, 0.5) is 29.3 Å². The van der Waals surface area contributed by atoms with Crippen LogP contribution in [-0.4, -0.2) is 15.8 Å². The minimum Gasteiger partial charge on any atom is -0.308 e. The van der Waals surface area contributed by atoms with Crippen molar-refractivity contribution in [2.45, 2.75) is 33.0 Å². The second-order valence-corrected chi connectivity index (χ2v) is 8.44. The van der Waals surface area contributed by atoms with Crippen LogP contribution >= 0.6 is 27.5 Å². The van der Waals surface area contributed by atoms with Gasteiger partial charge in [-0.1, -0.05) is 17.7 Å². The molecule has 5 nitrogen and oxygen atoms in total. The molecule has 0 bridgehead atoms. The lowest BCUT2D eigenvalue weighted by molar-refractivity contribution is -0.137. The third-order valence-electron chi connectivity index (χ3n) is 4.54. The number of nitrogens with one attached hydrogen (secondary N) is 2. The van der Waals surface area contributed by atoms with Crippen molar-refractivity contribution in [3.63, 3.8) is 0 Å². The summed E-state index contributed by atoms with van der Waals surface area (Å²) in [5, 5.41) is 9.33. The number of benzene rings is 2. The number of amides is 2. The van der Waals surface area contributed by atoms with Gasteiger partial charge in [0.15, 0.2) is 0 Å². The van der Waals surface area contributed by atoms with E-state index in [4.69, 9.17) is 11.6 Å². The number of anilines is 2. The van der Waals surface area contributed by atoms with Crippen molar-refractivity contribution in [1.82, 2.24) is 9.78 Å². The van der Waals surface area contributed by atoms with Gasteiger partial charge in [-0.3, -0.25) is 4.68 Å². The molecule has 2 N–H and O–H groups in total. The number of rotatable bonds is 4. The summed E-state index contributed by atoms with van der Waals surface area (Å²) < 4.78 is 41.0. The zero-order valence-corrected chi connectivity index (χ0v) is 19.2. The number of aryl methyl sites for hydroxylation is 1. The van der Waals surface area contributed by atoms with E-state index in [0.29, 0.717) is 5.69 Å². The molecule has 1 heterocycles. The Bertz CT molecular complexity index is 1130. The Morgan fingerprint density at radius 1 is 1.16 bits per heavy atom. The predicted molar refractivity (Wildman–Crippen MR) is 120 cm³/mol. The van der Waals surface area contributed by atoms with Gasteiger partial charge >= 0.3 is 12.2 Å². The second kappa shape index (κ2) is 8.92. The first-order valence-electron chi connectivity index (χ1n) is 9.26. The largest absolute Gasteiger partial charge is 0.416 e. The summed E-state index contributed by atoms with van der Waals surface area (Å²) in [6.45, 7) is 5.98. The Balaban J connectivity index is 1.82. The Morgan fingerprint density at radius 2 is 1.87 bits per heavy atom. The van der Waals surface area contributed by atoms with E-state index in [9.17, 15) is 18.0 Å². The average molecular weight is 516 g/mol. The third-order valence-corrected chi connectivity index (χ3v) is 5.43. The highest BCUT2D eigenvalue weighted by Crippen LogP contribution is 2.35. The van der Waals surface area contributed by atoms with E-state index in [1.165, 1.54) is 0 Å². The molecule has 0 saturated carbocycles. The zero-order valence-electron chi connectivity index (χ0n) is 16.8. The fourth-order valence-corrected chi connectivity index (χ4v) is 3.73. The van der Waals surface area contributed by atoms with Gasteiger partial charge in [-0.05, 0) is 72.6 Å². The van der Waals surface area contributed by atoms with Crippen LogP contribution in [0.15, 0.2) is 47.1 Å². The summed E-state index contributed by atoms with van der Waals surface area (Å²) in [6.07, 6.45) is -2.80. The molecular weight excluding hydrogens is 497 g/mol. The van der Waals surface area contributed by atoms with Gasteiger partial charge in [0.1, 0.15) is 0 Å². The number of alkyl halides is 3. The SMILES string of the molecule is Cc1ccc(NC(=O)Nc2ccc(C(F)(F)F)cc2Cl)cc1-c1c(Br)cnn1C(C)C. The van der Waals surface area contributed by atoms with Crippen LogP contribution in [0.3, 0.4) is 0 Å². The highest BCUT2D eigenvalue weighted by Gasteiger charge is 2.31. The number of hydrogen-bond acceptors (Lipinski definition) is 2. The topological polar surface area (TPSA) is 59.0 Å². The second-order valence-electron chi connectivity index (χ2n) is 7.18. The summed E-state index contributed by atoms with van der Waals surface area (Å²) in [5.74, 6) is 0. The predicted octanol–water partition coefficient (Wildman–Crippen LogP) is 7.52. The lowest BCUT2D eigenvalue weighted by Crippen LogP contribution is -2.20. The molecule has 31 heavy (non-hydrogen) atoms. The minimum absolute atomic E-state index is 0.0696. The van der Waals surface area contributed by atoms with Gasteiger partial charge in [0.2, 0.25) is 0 Å². The maximum absolute atomic E-state index is 12.8. The number of halogens is 5. The molecule has 0 saturated heterocycles. The first-order chi connectivity index (χ1) is 14.5. The van der Waals surface area contributed by atoms with Gasteiger partial charge in [-0.25, -0.2) is 4.79 Å². The van der Waals surface area contributed by atoms with Gasteiger partial charge in [0, 0.05) is 17.3 Å². The molecule has 0 aliphatic rings. The molecule has 3 aromatic rings. The molecule has 0 radical (unpaired) electrons. The number of aromatic nitrogens is 2. The fourth-order valence-electron chi connectivity index (χ4n) is 3.02. The molecule has 1 aromatic heterocycles. The number of urea groups is 1. The van der Waals surface area contributed by atoms with E-state index in [-0.39, 0.29) is 16.8 Å². The monoisotopic (exact) mass is 514 g/mol. The smallest absolute Gasteiger partial charge is 0.308 e. The molecule has 0 aliphatic heterocycles. The summed E-state index contributed by atoms with van der Waals surface area (Å²) in [6, 6.07) is 7.64. The van der Waals surface area contributed by atoms with E-state index in [2.05, 4.69) is 31.7 Å². The number of carbonyl (C=O) groups is 1. The van der Waals surface area contributed by atoms with Crippen LogP contribution in [0.2, 0.25) is 5.02 Å². The maximum atomic E-state index is 12.8. The van der Waals surface area contributed by atoms with Crippen molar-refractivity contribution >= 4 is 44.9 Å². The Labute approximate surface area is 190 Å². The first kappa shape index (κ1) is 23.1. The quantitative estimate of drug-likeness (QED) is 0.377. The summed E-state index contributed by atoms with van der Waals surface area (Å²) >= 11 is 9.43. The van der Waals surface area contributed by atoms with Crippen molar-refractivity contribution in [2.24, 2.45) is 0 Å². The summed E-state index contributed by atoms with van der Waals surface area (Å²) in [4.78, 5) is 12.4. The highest BCUT2D eigenvalue weighted by atomic mass is 79.9. The molecule has 0 atom stereocenters. The molecule has 0 fully saturated rings. The van der Waals surface area contributed by atoms with Crippen molar-refractivity contribution < 1.29 is 18.0 Å². The molecule has 2 aromatic carbocycles. The molecule has 10 heteroatoms. The standard InChI is InChI=1S/C21H19BrClF3N4O/c1-11(2)30-19(16(22)10-27-30)15-9-14(6-4-12(15)3)28-20(31)29-18-7-5-13(8-17(18)23)21(24,25)26/h4-11H,1-3H3,(H2,28,29,31). The number of nitrogens with zero attached hydrogens (tertiary/aromatic N) is 2. The molecular formula is C21H19BrClF3N4O. The van der Waals surface area contributed by atoms with Crippen LogP contribution < -0.4 is 10.6 Å². The highest BCUT2D eigenvalue weighted by molar-refractivity contribution is 9.10. The lowest BCUT2D eigenvalue weighted by Gasteiger charge is -2.16. The van der Waals surface area contributed by atoms with Gasteiger partial charge in [-0.2, -0.15) is 18.3 Å². The van der Waals surface area contributed by atoms with E-state index >= 15 is 0 Å². The normalized spacial score (nSPS) is 11.6. The van der Waals surface area contributed by atoms with Crippen LogP contribution in [0.1, 0.15) is 31.0 Å². The van der Waals surface area contributed by atoms with Gasteiger partial charge in [0.25, 0.3) is 0 Å². The first-order valence-corrected chi connectivity index (χ1v) is 10.4. The van der Waals surface area contributed by atoms with Gasteiger partial charge in [0.05, 0.1) is 32.6 Å². The van der Waals surface area contributed by atoms with E-state index in [0.717, 1.165) is 39.5 Å². The van der Waals surface area contributed by atoms with Gasteiger partial charge < -0.3 is 10.6 Å². The van der Waals surface area contributed by atoms with E-state index in [1.807, 2.05) is 37.6 Å². The molecule has 2 amide bonds. The average Bonchev–Trinajstić information content (AvgIpc) is 3.05. The number of carbonyl (C=O) groups excluding carboxylic acids is 1. The number of hydrogen-bond donors (Lipinski definition) is 2. The van der Waals surface area contributed by atoms with Crippen molar-refractivity contribution in [3.8, 4) is 11.3 Å². The Hall–Kier alpha value is -2.52. The molecule has 3 rings (SSSR count). The van der Waals surface area contributed by atoms with E-state index in [1.54, 1.807) is 12.3 Å². The molecule has 164 valence electrons. The summed E-state index contributed by atoms with van der Waals surface area (Å²) in [7, 11) is 0. The van der Waals surface area contributed by atoms with Gasteiger partial charge in [-0.15, -0.1) is 0 Å². The Morgan fingerprint density at radius 3 is 2.48 bits per heavy atom. The van der Waals surface area contributed by atoms with Crippen LogP contribution in [0.5, 0.6) is 0 Å². The molecule has 0 unspecified atom stereocenters. The van der Waals surface area contributed by atoms with Crippen molar-refractivity contribution in [2.75, 3.05) is 10.6 Å². The van der Waals surface area contributed by atoms with Crippen molar-refractivity contribution in [1.29, 1.82) is 0 Å². The maximum Gasteiger partial charge on any atom is 0.416 e. The lowest BCUT2D eigenvalue weighted by atomic mass is 10.0. The van der Waals surface area contributed by atoms with Crippen LogP contribution in [0, 0.1) is 6.92 Å². The zero-order chi connectivity index (χ0) is 22.9. The van der Waals surface area contributed by atoms with Crippen LogP contribution in [-0.2, 0) is 6.18 Å².